The van der Waals surface area contributed by atoms with Crippen LogP contribution in [0, 0.1) is 5.92 Å². The van der Waals surface area contributed by atoms with E-state index in [9.17, 15) is 4.79 Å². The molecule has 0 aliphatic carbocycles. The van der Waals surface area contributed by atoms with Gasteiger partial charge in [-0.3, -0.25) is 0 Å². The van der Waals surface area contributed by atoms with Crippen LogP contribution in [-0.4, -0.2) is 56.8 Å². The van der Waals surface area contributed by atoms with E-state index in [-0.39, 0.29) is 6.10 Å². The Morgan fingerprint density at radius 1 is 1.27 bits per heavy atom. The van der Waals surface area contributed by atoms with Crippen LogP contribution in [0.4, 0.5) is 5.69 Å². The van der Waals surface area contributed by atoms with Crippen LogP contribution in [0.5, 0.6) is 5.75 Å². The molecule has 0 unspecified atom stereocenters. The van der Waals surface area contributed by atoms with Crippen molar-refractivity contribution in [1.29, 1.82) is 0 Å². The van der Waals surface area contributed by atoms with E-state index in [1.807, 2.05) is 0 Å². The minimum absolute atomic E-state index is 0.0622. The van der Waals surface area contributed by atoms with Crippen LogP contribution in [-0.2, 0) is 4.74 Å². The van der Waals surface area contributed by atoms with Gasteiger partial charge in [-0.05, 0) is 50.8 Å². The Bertz CT molecular complexity index is 627. The zero-order chi connectivity index (χ0) is 18.5. The number of nitrogens with zero attached hydrogens (tertiary/aromatic N) is 1. The summed E-state index contributed by atoms with van der Waals surface area (Å²) in [7, 11) is 1.50. The third-order valence-electron chi connectivity index (χ3n) is 5.32. The Labute approximate surface area is 160 Å². The fraction of sp³-hybridized carbons (Fsp3) is 0.632. The molecule has 0 bridgehead atoms. The number of carbonyl (C=O) groups is 1. The number of esters is 1. The topological polar surface area (TPSA) is 76.8 Å². The molecule has 1 aromatic rings. The lowest BCUT2D eigenvalue weighted by atomic mass is 9.96. The van der Waals surface area contributed by atoms with E-state index in [1.165, 1.54) is 26.0 Å². The maximum absolute atomic E-state index is 12.5. The van der Waals surface area contributed by atoms with Gasteiger partial charge in [0.1, 0.15) is 17.4 Å². The van der Waals surface area contributed by atoms with Crippen molar-refractivity contribution in [1.82, 2.24) is 10.2 Å². The number of halogens is 1. The molecule has 2 aliphatic rings. The van der Waals surface area contributed by atoms with Crippen molar-refractivity contribution in [3.63, 3.8) is 0 Å². The van der Waals surface area contributed by atoms with Gasteiger partial charge in [0.2, 0.25) is 0 Å². The van der Waals surface area contributed by atoms with Crippen molar-refractivity contribution in [2.75, 3.05) is 45.6 Å². The largest absolute Gasteiger partial charge is 0.496 e. The Morgan fingerprint density at radius 2 is 1.96 bits per heavy atom. The molecule has 1 aromatic carbocycles. The number of piperidine rings is 2. The molecule has 0 radical (unpaired) electrons. The van der Waals surface area contributed by atoms with Gasteiger partial charge in [-0.1, -0.05) is 11.6 Å². The van der Waals surface area contributed by atoms with Gasteiger partial charge in [0.15, 0.2) is 0 Å². The SMILES string of the molecule is COc1cc(N)c(Cl)cc1C(=O)OC1CCN(CC2CCNCC2)CC1. The molecule has 6 nitrogen and oxygen atoms in total. The van der Waals surface area contributed by atoms with E-state index in [4.69, 9.17) is 26.8 Å². The van der Waals surface area contributed by atoms with E-state index in [2.05, 4.69) is 10.2 Å². The first-order chi connectivity index (χ1) is 12.6. The summed E-state index contributed by atoms with van der Waals surface area (Å²) in [6.45, 7) is 5.36. The van der Waals surface area contributed by atoms with Gasteiger partial charge in [0.25, 0.3) is 0 Å². The molecule has 0 spiro atoms. The number of hydrogen-bond donors (Lipinski definition) is 2. The van der Waals surface area contributed by atoms with Crippen LogP contribution in [0.2, 0.25) is 5.02 Å². The zero-order valence-electron chi connectivity index (χ0n) is 15.3. The van der Waals surface area contributed by atoms with Crippen molar-refractivity contribution in [3.05, 3.63) is 22.7 Å². The highest BCUT2D eigenvalue weighted by molar-refractivity contribution is 6.33. The number of rotatable bonds is 5. The van der Waals surface area contributed by atoms with E-state index in [1.54, 1.807) is 6.07 Å². The number of methoxy groups -OCH3 is 1. The maximum Gasteiger partial charge on any atom is 0.342 e. The molecule has 0 aromatic heterocycles. The van der Waals surface area contributed by atoms with Crippen molar-refractivity contribution in [2.45, 2.75) is 31.8 Å². The lowest BCUT2D eigenvalue weighted by Gasteiger charge is -2.35. The number of hydrogen-bond acceptors (Lipinski definition) is 6. The minimum atomic E-state index is -0.402. The number of ether oxygens (including phenoxy) is 2. The molecule has 2 aliphatic heterocycles. The molecule has 26 heavy (non-hydrogen) atoms. The molecule has 0 saturated carbocycles. The second-order valence-corrected chi connectivity index (χ2v) is 7.58. The maximum atomic E-state index is 12.5. The second-order valence-electron chi connectivity index (χ2n) is 7.17. The van der Waals surface area contributed by atoms with Crippen LogP contribution >= 0.6 is 11.6 Å². The third-order valence-corrected chi connectivity index (χ3v) is 5.65. The lowest BCUT2D eigenvalue weighted by molar-refractivity contribution is 0.00887. The quantitative estimate of drug-likeness (QED) is 0.603. The van der Waals surface area contributed by atoms with Crippen molar-refractivity contribution >= 4 is 23.3 Å². The van der Waals surface area contributed by atoms with Gasteiger partial charge in [-0.2, -0.15) is 0 Å². The smallest absolute Gasteiger partial charge is 0.342 e. The number of nitrogen functional groups attached to an aromatic ring is 1. The molecular formula is C19H28ClN3O3. The van der Waals surface area contributed by atoms with E-state index in [0.29, 0.717) is 22.0 Å². The molecule has 3 rings (SSSR count). The summed E-state index contributed by atoms with van der Waals surface area (Å²) in [4.78, 5) is 15.0. The third kappa shape index (κ3) is 4.81. The number of benzene rings is 1. The van der Waals surface area contributed by atoms with Gasteiger partial charge in [0.05, 0.1) is 17.8 Å². The van der Waals surface area contributed by atoms with Gasteiger partial charge in [0, 0.05) is 25.7 Å². The van der Waals surface area contributed by atoms with Gasteiger partial charge in [-0.25, -0.2) is 4.79 Å². The molecule has 2 saturated heterocycles. The summed E-state index contributed by atoms with van der Waals surface area (Å²) >= 11 is 6.04. The number of likely N-dealkylation sites (tertiary alicyclic amines) is 1. The Balaban J connectivity index is 1.51. The Hall–Kier alpha value is -1.50. The summed E-state index contributed by atoms with van der Waals surface area (Å²) in [5.74, 6) is 0.775. The normalized spacial score (nSPS) is 20.1. The standard InChI is InChI=1S/C19H28ClN3O3/c1-25-18-11-17(21)16(20)10-15(18)19(24)26-14-4-8-23(9-5-14)12-13-2-6-22-7-3-13/h10-11,13-14,22H,2-9,12,21H2,1H3. The predicted octanol–water partition coefficient (Wildman–Crippen LogP) is 2.55. The van der Waals surface area contributed by atoms with Crippen LogP contribution < -0.4 is 15.8 Å². The minimum Gasteiger partial charge on any atom is -0.496 e. The van der Waals surface area contributed by atoms with Crippen LogP contribution in [0.1, 0.15) is 36.0 Å². The molecule has 3 N–H and O–H groups in total. The fourth-order valence-corrected chi connectivity index (χ4v) is 3.92. The monoisotopic (exact) mass is 381 g/mol. The molecule has 0 amide bonds. The number of carbonyl (C=O) groups excluding carboxylic acids is 1. The predicted molar refractivity (Wildman–Crippen MR) is 103 cm³/mol. The summed E-state index contributed by atoms with van der Waals surface area (Å²) in [5, 5.41) is 3.74. The number of nitrogens with one attached hydrogen (secondary N) is 1. The summed E-state index contributed by atoms with van der Waals surface area (Å²) in [6.07, 6.45) is 4.18. The van der Waals surface area contributed by atoms with Crippen molar-refractivity contribution in [2.24, 2.45) is 5.92 Å². The average molecular weight is 382 g/mol. The molecule has 2 heterocycles. The van der Waals surface area contributed by atoms with E-state index >= 15 is 0 Å². The van der Waals surface area contributed by atoms with E-state index < -0.39 is 5.97 Å². The number of anilines is 1. The summed E-state index contributed by atoms with van der Waals surface area (Å²) in [6, 6.07) is 3.07. The Kier molecular flexibility index (Phi) is 6.62. The van der Waals surface area contributed by atoms with Crippen LogP contribution in [0.15, 0.2) is 12.1 Å². The molecule has 2 fully saturated rings. The summed E-state index contributed by atoms with van der Waals surface area (Å²) < 4.78 is 10.9. The van der Waals surface area contributed by atoms with Crippen molar-refractivity contribution in [3.8, 4) is 5.75 Å². The Morgan fingerprint density at radius 3 is 2.62 bits per heavy atom. The molecule has 144 valence electrons. The highest BCUT2D eigenvalue weighted by Crippen LogP contribution is 2.30. The molecule has 7 heteroatoms. The van der Waals surface area contributed by atoms with Crippen LogP contribution in [0.3, 0.4) is 0 Å². The van der Waals surface area contributed by atoms with Crippen LogP contribution in [0.25, 0.3) is 0 Å². The highest BCUT2D eigenvalue weighted by Gasteiger charge is 2.26. The lowest BCUT2D eigenvalue weighted by Crippen LogP contribution is -2.42. The van der Waals surface area contributed by atoms with Gasteiger partial charge >= 0.3 is 5.97 Å². The van der Waals surface area contributed by atoms with Gasteiger partial charge < -0.3 is 25.4 Å². The number of nitrogens with two attached hydrogens (primary N) is 1. The first-order valence-corrected chi connectivity index (χ1v) is 9.71. The summed E-state index contributed by atoms with van der Waals surface area (Å²) in [5.41, 5.74) is 6.47. The molecular weight excluding hydrogens is 354 g/mol. The molecule has 0 atom stereocenters. The first kappa shape index (κ1) is 19.3. The average Bonchev–Trinajstić information content (AvgIpc) is 2.66. The zero-order valence-corrected chi connectivity index (χ0v) is 16.1. The van der Waals surface area contributed by atoms with Crippen molar-refractivity contribution < 1.29 is 14.3 Å². The highest BCUT2D eigenvalue weighted by atomic mass is 35.5. The first-order valence-electron chi connectivity index (χ1n) is 9.34. The fourth-order valence-electron chi connectivity index (χ4n) is 3.75. The second kappa shape index (κ2) is 8.93. The van der Waals surface area contributed by atoms with E-state index in [0.717, 1.165) is 51.5 Å². The van der Waals surface area contributed by atoms with Gasteiger partial charge in [-0.15, -0.1) is 0 Å².